The molecule has 2 aliphatic heterocycles. The number of nitrogens with one attached hydrogen (secondary N) is 1. The predicted molar refractivity (Wildman–Crippen MR) is 163 cm³/mol. The van der Waals surface area contributed by atoms with Crippen LogP contribution in [0.3, 0.4) is 0 Å². The summed E-state index contributed by atoms with van der Waals surface area (Å²) in [5, 5.41) is 7.14. The predicted octanol–water partition coefficient (Wildman–Crippen LogP) is 4.37. The number of fused-ring (bicyclic) bond motifs is 1. The number of nitrogens with zero attached hydrogens (tertiary/aromatic N) is 6. The number of halogens is 1. The molecule has 0 unspecified atom stereocenters. The number of aromatic nitrogens is 2. The number of carbonyl (C=O) groups excluding carboxylic acids is 3. The molecule has 12 heteroatoms. The van der Waals surface area contributed by atoms with E-state index in [-0.39, 0.29) is 24.9 Å². The number of aryl methyl sites for hydroxylation is 1. The minimum Gasteiger partial charge on any atom is -0.445 e. The molecule has 2 aliphatic rings. The molecule has 3 amide bonds. The maximum Gasteiger partial charge on any atom is 0.435 e. The maximum absolute atomic E-state index is 13.8. The molecule has 0 saturated carbocycles. The van der Waals surface area contributed by atoms with E-state index >= 15 is 0 Å². The highest BCUT2D eigenvalue weighted by Gasteiger charge is 2.36. The number of benzene rings is 2. The van der Waals surface area contributed by atoms with Crippen LogP contribution in [0.25, 0.3) is 0 Å². The molecule has 3 heterocycles. The Morgan fingerprint density at radius 1 is 1.00 bits per heavy atom. The Morgan fingerprint density at radius 2 is 1.72 bits per heavy atom. The van der Waals surface area contributed by atoms with Gasteiger partial charge in [0, 0.05) is 55.2 Å². The fourth-order valence-electron chi connectivity index (χ4n) is 5.54. The van der Waals surface area contributed by atoms with Crippen molar-refractivity contribution in [3.63, 3.8) is 0 Å². The zero-order valence-electron chi connectivity index (χ0n) is 24.9. The Hall–Kier alpha value is -4.45. The van der Waals surface area contributed by atoms with Gasteiger partial charge in [0.25, 0.3) is 5.91 Å². The number of hydrogen-bond donors (Lipinski definition) is 1. The first kappa shape index (κ1) is 30.0. The number of carbonyl (C=O) groups is 3. The average Bonchev–Trinajstić information content (AvgIpc) is 3.61. The number of hydrogen-bond acceptors (Lipinski definition) is 7. The van der Waals surface area contributed by atoms with Gasteiger partial charge in [-0.1, -0.05) is 25.1 Å². The molecule has 11 nitrogen and oxygen atoms in total. The molecule has 0 bridgehead atoms. The van der Waals surface area contributed by atoms with Crippen molar-refractivity contribution in [2.75, 3.05) is 68.2 Å². The van der Waals surface area contributed by atoms with Crippen molar-refractivity contribution < 1.29 is 23.5 Å². The standard InChI is InChI=1S/C31H38FN7O4/c1-4-22-8-6-7-9-26(22)38(5-2)30(41)37-20-25-27(21-37)39(31(42)43-19-14-32)34-28(25)33-29(40)23-10-12-24(13-11-23)36-17-15-35(3)16-18-36/h6-13H,4-5,14-21H2,1-3H3,(H,33,34,40). The van der Waals surface area contributed by atoms with Gasteiger partial charge in [0.1, 0.15) is 13.3 Å². The Bertz CT molecular complexity index is 1470. The lowest BCUT2D eigenvalue weighted by atomic mass is 10.1. The van der Waals surface area contributed by atoms with Crippen LogP contribution in [-0.4, -0.2) is 90.7 Å². The minimum absolute atomic E-state index is 0.0757. The molecule has 2 aromatic carbocycles. The van der Waals surface area contributed by atoms with Crippen molar-refractivity contribution in [3.05, 3.63) is 70.9 Å². The van der Waals surface area contributed by atoms with Crippen molar-refractivity contribution in [1.82, 2.24) is 19.6 Å². The summed E-state index contributed by atoms with van der Waals surface area (Å²) in [6, 6.07) is 14.9. The smallest absolute Gasteiger partial charge is 0.435 e. The summed E-state index contributed by atoms with van der Waals surface area (Å²) in [6.45, 7) is 7.12. The van der Waals surface area contributed by atoms with Crippen LogP contribution in [0.15, 0.2) is 48.5 Å². The van der Waals surface area contributed by atoms with Gasteiger partial charge in [-0.2, -0.15) is 4.68 Å². The van der Waals surface area contributed by atoms with Crippen molar-refractivity contribution in [1.29, 1.82) is 0 Å². The number of urea groups is 1. The molecule has 1 fully saturated rings. The van der Waals surface area contributed by atoms with Crippen LogP contribution < -0.4 is 15.1 Å². The first-order valence-corrected chi connectivity index (χ1v) is 14.7. The van der Waals surface area contributed by atoms with Gasteiger partial charge in [-0.15, -0.1) is 5.10 Å². The highest BCUT2D eigenvalue weighted by molar-refractivity contribution is 6.04. The van der Waals surface area contributed by atoms with E-state index in [4.69, 9.17) is 4.74 Å². The van der Waals surface area contributed by atoms with E-state index in [1.54, 1.807) is 21.9 Å². The van der Waals surface area contributed by atoms with Crippen LogP contribution in [0.5, 0.6) is 0 Å². The Balaban J connectivity index is 1.36. The second-order valence-electron chi connectivity index (χ2n) is 10.6. The van der Waals surface area contributed by atoms with E-state index in [2.05, 4.69) is 27.3 Å². The number of rotatable bonds is 8. The van der Waals surface area contributed by atoms with Gasteiger partial charge >= 0.3 is 12.1 Å². The van der Waals surface area contributed by atoms with Crippen molar-refractivity contribution in [2.45, 2.75) is 33.4 Å². The topological polar surface area (TPSA) is 103 Å². The molecule has 5 rings (SSSR count). The van der Waals surface area contributed by atoms with E-state index in [0.717, 1.165) is 54.2 Å². The third-order valence-corrected chi connectivity index (χ3v) is 7.97. The molecular weight excluding hydrogens is 553 g/mol. The van der Waals surface area contributed by atoms with E-state index in [1.165, 1.54) is 0 Å². The normalized spacial score (nSPS) is 14.9. The number of alkyl halides is 1. The van der Waals surface area contributed by atoms with Gasteiger partial charge < -0.3 is 24.8 Å². The quantitative estimate of drug-likeness (QED) is 0.415. The van der Waals surface area contributed by atoms with Crippen molar-refractivity contribution in [3.8, 4) is 0 Å². The number of para-hydroxylation sites is 1. The van der Waals surface area contributed by atoms with Gasteiger partial charge in [-0.25, -0.2) is 14.0 Å². The van der Waals surface area contributed by atoms with Crippen LogP contribution in [0.2, 0.25) is 0 Å². The molecule has 0 spiro atoms. The summed E-state index contributed by atoms with van der Waals surface area (Å²) in [7, 11) is 2.10. The lowest BCUT2D eigenvalue weighted by molar-refractivity contribution is 0.102. The second-order valence-corrected chi connectivity index (χ2v) is 10.6. The zero-order valence-corrected chi connectivity index (χ0v) is 24.9. The SMILES string of the molecule is CCc1ccccc1N(CC)C(=O)N1Cc2c(NC(=O)c3ccc(N4CCN(C)CC4)cc3)nn(C(=O)OCCF)c2C1. The summed E-state index contributed by atoms with van der Waals surface area (Å²) in [6.07, 6.45) is -0.105. The lowest BCUT2D eigenvalue weighted by Gasteiger charge is -2.34. The highest BCUT2D eigenvalue weighted by atomic mass is 19.1. The average molecular weight is 592 g/mol. The molecule has 1 aromatic heterocycles. The van der Waals surface area contributed by atoms with Crippen LogP contribution in [0.4, 0.5) is 31.2 Å². The van der Waals surface area contributed by atoms with Crippen LogP contribution in [-0.2, 0) is 24.2 Å². The summed E-state index contributed by atoms with van der Waals surface area (Å²) < 4.78 is 18.8. The molecule has 1 N–H and O–H groups in total. The maximum atomic E-state index is 13.8. The summed E-state index contributed by atoms with van der Waals surface area (Å²) in [5.74, 6) is -0.237. The minimum atomic E-state index is -0.871. The van der Waals surface area contributed by atoms with Gasteiger partial charge in [-0.05, 0) is 56.3 Å². The van der Waals surface area contributed by atoms with Crippen LogP contribution in [0.1, 0.15) is 41.0 Å². The van der Waals surface area contributed by atoms with Crippen molar-refractivity contribution in [2.24, 2.45) is 0 Å². The Morgan fingerprint density at radius 3 is 2.40 bits per heavy atom. The molecule has 0 aliphatic carbocycles. The summed E-state index contributed by atoms with van der Waals surface area (Å²) in [5.41, 5.74) is 4.30. The van der Waals surface area contributed by atoms with Gasteiger partial charge in [0.05, 0.1) is 18.8 Å². The fraction of sp³-hybridized carbons (Fsp3) is 0.419. The molecule has 43 heavy (non-hydrogen) atoms. The molecular formula is C31H38FN7O4. The molecule has 0 atom stereocenters. The molecule has 0 radical (unpaired) electrons. The zero-order chi connectivity index (χ0) is 30.5. The molecule has 3 aromatic rings. The molecule has 228 valence electrons. The van der Waals surface area contributed by atoms with Crippen LogP contribution in [0, 0.1) is 0 Å². The largest absolute Gasteiger partial charge is 0.445 e. The Labute approximate surface area is 250 Å². The van der Waals surface area contributed by atoms with Crippen molar-refractivity contribution >= 4 is 35.2 Å². The highest BCUT2D eigenvalue weighted by Crippen LogP contribution is 2.32. The Kier molecular flexibility index (Phi) is 9.24. The molecule has 1 saturated heterocycles. The number of anilines is 3. The van der Waals surface area contributed by atoms with E-state index < -0.39 is 25.3 Å². The number of amides is 3. The fourth-order valence-corrected chi connectivity index (χ4v) is 5.54. The third kappa shape index (κ3) is 6.34. The number of ether oxygens (including phenoxy) is 1. The number of piperazine rings is 1. The van der Waals surface area contributed by atoms with E-state index in [9.17, 15) is 18.8 Å². The first-order chi connectivity index (χ1) is 20.8. The van der Waals surface area contributed by atoms with Gasteiger partial charge in [0.15, 0.2) is 5.82 Å². The van der Waals surface area contributed by atoms with E-state index in [1.807, 2.05) is 50.2 Å². The monoisotopic (exact) mass is 591 g/mol. The summed E-state index contributed by atoms with van der Waals surface area (Å²) >= 11 is 0. The first-order valence-electron chi connectivity index (χ1n) is 14.7. The van der Waals surface area contributed by atoms with E-state index in [0.29, 0.717) is 23.4 Å². The number of likely N-dealkylation sites (N-methyl/N-ethyl adjacent to an activating group) is 1. The lowest BCUT2D eigenvalue weighted by Crippen LogP contribution is -2.44. The van der Waals surface area contributed by atoms with Gasteiger partial charge in [-0.3, -0.25) is 9.69 Å². The van der Waals surface area contributed by atoms with Gasteiger partial charge in [0.2, 0.25) is 0 Å². The second kappa shape index (κ2) is 13.2. The summed E-state index contributed by atoms with van der Waals surface area (Å²) in [4.78, 5) is 47.7. The van der Waals surface area contributed by atoms with Crippen LogP contribution >= 0.6 is 0 Å². The third-order valence-electron chi connectivity index (χ3n) is 7.97.